The van der Waals surface area contributed by atoms with Crippen LogP contribution in [-0.4, -0.2) is 40.1 Å². The number of rotatable bonds is 3. The van der Waals surface area contributed by atoms with E-state index in [1.807, 2.05) is 30.3 Å². The third-order valence-corrected chi connectivity index (χ3v) is 4.08. The van der Waals surface area contributed by atoms with Gasteiger partial charge in [0.1, 0.15) is 0 Å². The minimum Gasteiger partial charge on any atom is -0.465 e. The predicted octanol–water partition coefficient (Wildman–Crippen LogP) is 2.41. The zero-order valence-electron chi connectivity index (χ0n) is 12.4. The molecule has 23 heavy (non-hydrogen) atoms. The summed E-state index contributed by atoms with van der Waals surface area (Å²) in [6.07, 6.45) is 2.20. The topological polar surface area (TPSA) is 82.5 Å². The molecule has 6 heteroatoms. The van der Waals surface area contributed by atoms with Gasteiger partial charge in [0.05, 0.1) is 17.8 Å². The Hall–Kier alpha value is -2.89. The fourth-order valence-electron chi connectivity index (χ4n) is 2.94. The summed E-state index contributed by atoms with van der Waals surface area (Å²) in [6.45, 7) is 0.519. The van der Waals surface area contributed by atoms with E-state index in [0.29, 0.717) is 12.2 Å². The van der Waals surface area contributed by atoms with Crippen LogP contribution in [0.4, 0.5) is 10.5 Å². The van der Waals surface area contributed by atoms with Gasteiger partial charge in [0, 0.05) is 25.2 Å². The van der Waals surface area contributed by atoms with Gasteiger partial charge in [0.2, 0.25) is 5.91 Å². The van der Waals surface area contributed by atoms with Gasteiger partial charge in [-0.1, -0.05) is 30.3 Å². The van der Waals surface area contributed by atoms with Crippen LogP contribution in [0.5, 0.6) is 0 Å². The number of hydrogen-bond acceptors (Lipinski definition) is 3. The summed E-state index contributed by atoms with van der Waals surface area (Å²) >= 11 is 0. The average molecular weight is 311 g/mol. The molecular formula is C17H17N3O3. The normalized spacial score (nSPS) is 20.3. The van der Waals surface area contributed by atoms with E-state index in [4.69, 9.17) is 0 Å². The van der Waals surface area contributed by atoms with Crippen molar-refractivity contribution in [2.75, 3.05) is 18.4 Å². The maximum absolute atomic E-state index is 12.6. The van der Waals surface area contributed by atoms with Gasteiger partial charge in [0.15, 0.2) is 0 Å². The summed E-state index contributed by atoms with van der Waals surface area (Å²) in [5, 5.41) is 12.1. The van der Waals surface area contributed by atoms with E-state index >= 15 is 0 Å². The molecule has 2 N–H and O–H groups in total. The molecule has 1 saturated heterocycles. The van der Waals surface area contributed by atoms with Crippen LogP contribution in [0.3, 0.4) is 0 Å². The van der Waals surface area contributed by atoms with Gasteiger partial charge in [-0.25, -0.2) is 4.79 Å². The molecule has 2 amide bonds. The molecule has 2 aromatic rings. The van der Waals surface area contributed by atoms with Crippen LogP contribution >= 0.6 is 0 Å². The number of anilines is 1. The smallest absolute Gasteiger partial charge is 0.407 e. The molecule has 0 unspecified atom stereocenters. The Morgan fingerprint density at radius 3 is 2.57 bits per heavy atom. The number of hydrogen-bond donors (Lipinski definition) is 2. The molecule has 2 atom stereocenters. The van der Waals surface area contributed by atoms with E-state index in [-0.39, 0.29) is 18.4 Å². The van der Waals surface area contributed by atoms with Crippen molar-refractivity contribution in [1.82, 2.24) is 9.88 Å². The molecule has 0 bridgehead atoms. The van der Waals surface area contributed by atoms with Gasteiger partial charge < -0.3 is 15.3 Å². The first-order chi connectivity index (χ1) is 11.1. The molecule has 0 spiro atoms. The second-order valence-electron chi connectivity index (χ2n) is 5.54. The number of nitrogens with zero attached hydrogens (tertiary/aromatic N) is 2. The molecule has 1 aromatic carbocycles. The highest BCUT2D eigenvalue weighted by Crippen LogP contribution is 2.33. The molecule has 0 saturated carbocycles. The van der Waals surface area contributed by atoms with Crippen LogP contribution in [0.1, 0.15) is 11.5 Å². The van der Waals surface area contributed by atoms with Gasteiger partial charge in [-0.2, -0.15) is 0 Å². The van der Waals surface area contributed by atoms with Gasteiger partial charge in [-0.3, -0.25) is 9.78 Å². The summed E-state index contributed by atoms with van der Waals surface area (Å²) in [4.78, 5) is 29.2. The molecule has 6 nitrogen and oxygen atoms in total. The van der Waals surface area contributed by atoms with Crippen molar-refractivity contribution < 1.29 is 14.7 Å². The molecule has 3 rings (SSSR count). The van der Waals surface area contributed by atoms with Crippen LogP contribution in [0.2, 0.25) is 0 Å². The summed E-state index contributed by atoms with van der Waals surface area (Å²) in [6, 6.07) is 13.1. The monoisotopic (exact) mass is 311 g/mol. The Kier molecular flexibility index (Phi) is 4.23. The second kappa shape index (κ2) is 6.48. The highest BCUT2D eigenvalue weighted by molar-refractivity contribution is 5.93. The third-order valence-electron chi connectivity index (χ3n) is 4.08. The van der Waals surface area contributed by atoms with Crippen molar-refractivity contribution in [3.63, 3.8) is 0 Å². The first-order valence-electron chi connectivity index (χ1n) is 7.39. The number of carboxylic acid groups (broad SMARTS) is 1. The van der Waals surface area contributed by atoms with Gasteiger partial charge in [0.25, 0.3) is 0 Å². The van der Waals surface area contributed by atoms with Crippen molar-refractivity contribution in [3.05, 3.63) is 60.4 Å². The summed E-state index contributed by atoms with van der Waals surface area (Å²) in [7, 11) is 0. The zero-order chi connectivity index (χ0) is 16.2. The molecule has 1 fully saturated rings. The Morgan fingerprint density at radius 2 is 1.91 bits per heavy atom. The lowest BCUT2D eigenvalue weighted by Crippen LogP contribution is -2.30. The molecule has 2 heterocycles. The van der Waals surface area contributed by atoms with Gasteiger partial charge in [-0.05, 0) is 17.7 Å². The Labute approximate surface area is 133 Å². The third kappa shape index (κ3) is 3.31. The number of pyridine rings is 1. The SMILES string of the molecule is O=C(Nc1cccnc1)[C@H]1CN(C(=O)O)C[C@@H]1c1ccccc1. The fraction of sp³-hybridized carbons (Fsp3) is 0.235. The fourth-order valence-corrected chi connectivity index (χ4v) is 2.94. The van der Waals surface area contributed by atoms with E-state index in [1.54, 1.807) is 24.5 Å². The highest BCUT2D eigenvalue weighted by Gasteiger charge is 2.40. The number of likely N-dealkylation sites (tertiary alicyclic amines) is 1. The van der Waals surface area contributed by atoms with Crippen LogP contribution in [0, 0.1) is 5.92 Å². The number of carbonyl (C=O) groups is 2. The van der Waals surface area contributed by atoms with Gasteiger partial charge >= 0.3 is 6.09 Å². The minimum absolute atomic E-state index is 0.149. The van der Waals surface area contributed by atoms with Crippen molar-refractivity contribution >= 4 is 17.7 Å². The molecule has 118 valence electrons. The first kappa shape index (κ1) is 15.0. The van der Waals surface area contributed by atoms with Gasteiger partial charge in [-0.15, -0.1) is 0 Å². The summed E-state index contributed by atoms with van der Waals surface area (Å²) in [5.74, 6) is -0.756. The maximum Gasteiger partial charge on any atom is 0.407 e. The second-order valence-corrected chi connectivity index (χ2v) is 5.54. The van der Waals surface area contributed by atoms with E-state index < -0.39 is 12.0 Å². The first-order valence-corrected chi connectivity index (χ1v) is 7.39. The van der Waals surface area contributed by atoms with Crippen LogP contribution in [0.15, 0.2) is 54.9 Å². The van der Waals surface area contributed by atoms with E-state index in [9.17, 15) is 14.7 Å². The average Bonchev–Trinajstić information content (AvgIpc) is 3.02. The summed E-state index contributed by atoms with van der Waals surface area (Å²) < 4.78 is 0. The lowest BCUT2D eigenvalue weighted by atomic mass is 9.88. The number of benzene rings is 1. The van der Waals surface area contributed by atoms with Crippen LogP contribution < -0.4 is 5.32 Å². The summed E-state index contributed by atoms with van der Waals surface area (Å²) in [5.41, 5.74) is 1.58. The van der Waals surface area contributed by atoms with Crippen LogP contribution in [-0.2, 0) is 4.79 Å². The zero-order valence-corrected chi connectivity index (χ0v) is 12.4. The van der Waals surface area contributed by atoms with E-state index in [2.05, 4.69) is 10.3 Å². The minimum atomic E-state index is -0.998. The number of aromatic nitrogens is 1. The highest BCUT2D eigenvalue weighted by atomic mass is 16.4. The molecule has 0 radical (unpaired) electrons. The largest absolute Gasteiger partial charge is 0.465 e. The Bertz CT molecular complexity index is 691. The standard InChI is InChI=1S/C17H17N3O3/c21-16(19-13-7-4-8-18-9-13)15-11-20(17(22)23)10-14(15)12-5-2-1-3-6-12/h1-9,14-15H,10-11H2,(H,19,21)(H,22,23)/t14-,15+/m1/s1. The van der Waals surface area contributed by atoms with Crippen LogP contribution in [0.25, 0.3) is 0 Å². The number of carbonyl (C=O) groups excluding carboxylic acids is 1. The molecule has 1 aliphatic heterocycles. The quantitative estimate of drug-likeness (QED) is 0.912. The Balaban J connectivity index is 1.82. The number of amides is 2. The number of nitrogens with one attached hydrogen (secondary N) is 1. The van der Waals surface area contributed by atoms with E-state index in [0.717, 1.165) is 5.56 Å². The van der Waals surface area contributed by atoms with Crippen molar-refractivity contribution in [3.8, 4) is 0 Å². The molecule has 1 aliphatic rings. The lowest BCUT2D eigenvalue weighted by molar-refractivity contribution is -0.119. The predicted molar refractivity (Wildman–Crippen MR) is 85.1 cm³/mol. The lowest BCUT2D eigenvalue weighted by Gasteiger charge is -2.18. The van der Waals surface area contributed by atoms with Crippen molar-refractivity contribution in [1.29, 1.82) is 0 Å². The Morgan fingerprint density at radius 1 is 1.13 bits per heavy atom. The van der Waals surface area contributed by atoms with E-state index in [1.165, 1.54) is 4.90 Å². The van der Waals surface area contributed by atoms with Crippen molar-refractivity contribution in [2.45, 2.75) is 5.92 Å². The molecule has 0 aliphatic carbocycles. The maximum atomic E-state index is 12.6. The molecular weight excluding hydrogens is 294 g/mol. The van der Waals surface area contributed by atoms with Crippen molar-refractivity contribution in [2.24, 2.45) is 5.92 Å². The molecule has 1 aromatic heterocycles.